The number of hydrogen-bond acceptors (Lipinski definition) is 10. The van der Waals surface area contributed by atoms with Gasteiger partial charge in [0.1, 0.15) is 0 Å². The molecule has 3 atom stereocenters. The minimum atomic E-state index is -1.32. The predicted molar refractivity (Wildman–Crippen MR) is 140 cm³/mol. The van der Waals surface area contributed by atoms with Gasteiger partial charge in [-0.05, 0) is 24.8 Å². The summed E-state index contributed by atoms with van der Waals surface area (Å²) in [5, 5.41) is 58.6. The zero-order chi connectivity index (χ0) is 30.7. The quantitative estimate of drug-likeness (QED) is 0.114. The van der Waals surface area contributed by atoms with E-state index in [4.69, 9.17) is 0 Å². The zero-order valence-electron chi connectivity index (χ0n) is 22.2. The summed E-state index contributed by atoms with van der Waals surface area (Å²) >= 11 is 0. The van der Waals surface area contributed by atoms with Crippen molar-refractivity contribution in [3.63, 3.8) is 0 Å². The predicted octanol–water partition coefficient (Wildman–Crippen LogP) is 0.146. The molecule has 2 rings (SSSR count). The van der Waals surface area contributed by atoms with E-state index in [9.17, 15) is 59.6 Å². The monoisotopic (exact) mass is 582 g/mol. The summed E-state index contributed by atoms with van der Waals surface area (Å²) in [4.78, 5) is 72.7. The molecule has 0 saturated heterocycles. The Kier molecular flexibility index (Phi) is 12.6. The van der Waals surface area contributed by atoms with Gasteiger partial charge in [0, 0.05) is 36.8 Å². The molecule has 1 unspecified atom stereocenters. The summed E-state index contributed by atoms with van der Waals surface area (Å²) < 4.78 is 0. The van der Waals surface area contributed by atoms with Crippen LogP contribution in [-0.4, -0.2) is 132 Å². The second-order valence-electron chi connectivity index (χ2n) is 9.91. The first-order chi connectivity index (χ1) is 19.3. The number of rotatable bonds is 18. The normalized spacial score (nSPS) is 17.8. The van der Waals surface area contributed by atoms with Crippen molar-refractivity contribution < 1.29 is 54.4 Å². The molecule has 5 N–H and O–H groups in total. The summed E-state index contributed by atoms with van der Waals surface area (Å²) in [5.41, 5.74) is 0.322. The third-order valence-electron chi connectivity index (χ3n) is 6.90. The third-order valence-corrected chi connectivity index (χ3v) is 6.90. The Morgan fingerprint density at radius 3 is 1.56 bits per heavy atom. The first-order valence-corrected chi connectivity index (χ1v) is 12.8. The molecular weight excluding hydrogens is 548 g/mol. The molecule has 226 valence electrons. The van der Waals surface area contributed by atoms with Crippen LogP contribution in [0.15, 0.2) is 24.3 Å². The van der Waals surface area contributed by atoms with Crippen molar-refractivity contribution in [2.75, 3.05) is 39.3 Å². The Morgan fingerprint density at radius 1 is 0.732 bits per heavy atom. The van der Waals surface area contributed by atoms with E-state index >= 15 is 0 Å². The molecule has 1 aromatic carbocycles. The average molecular weight is 583 g/mol. The van der Waals surface area contributed by atoms with Crippen molar-refractivity contribution in [1.82, 2.24) is 14.7 Å². The molecule has 0 aromatic heterocycles. The summed E-state index contributed by atoms with van der Waals surface area (Å²) in [5.74, 6) is -6.41. The number of carboxylic acids is 5. The summed E-state index contributed by atoms with van der Waals surface area (Å²) in [6.07, 6.45) is 2.10. The lowest BCUT2D eigenvalue weighted by Gasteiger charge is -2.45. The second-order valence-corrected chi connectivity index (χ2v) is 9.91. The molecule has 1 aromatic rings. The SMILES string of the molecule is O=C(O)CN(C[C@@H](Cc1ccc([N+](=O)[O-])cc1)N(CC(=O)O)CC(=O)O)C1CCCC[C@H]1N(CC(=O)O)CC(=O)O. The van der Waals surface area contributed by atoms with Crippen LogP contribution < -0.4 is 0 Å². The molecule has 1 fully saturated rings. The molecule has 16 nitrogen and oxygen atoms in total. The number of carbonyl (C=O) groups is 5. The van der Waals surface area contributed by atoms with Crippen molar-refractivity contribution in [2.24, 2.45) is 0 Å². The molecule has 0 bridgehead atoms. The van der Waals surface area contributed by atoms with Gasteiger partial charge in [-0.3, -0.25) is 48.8 Å². The number of nitro groups is 1. The minimum Gasteiger partial charge on any atom is -0.480 e. The highest BCUT2D eigenvalue weighted by Gasteiger charge is 2.38. The van der Waals surface area contributed by atoms with Crippen LogP contribution in [0.25, 0.3) is 0 Å². The van der Waals surface area contributed by atoms with Crippen LogP contribution in [0.4, 0.5) is 5.69 Å². The first kappa shape index (κ1) is 33.1. The van der Waals surface area contributed by atoms with Crippen molar-refractivity contribution >= 4 is 35.5 Å². The van der Waals surface area contributed by atoms with Crippen LogP contribution in [0.1, 0.15) is 31.2 Å². The summed E-state index contributed by atoms with van der Waals surface area (Å²) in [6.45, 7) is -3.28. The number of nitrogens with zero attached hydrogens (tertiary/aromatic N) is 4. The molecular formula is C25H34N4O12. The fourth-order valence-electron chi connectivity index (χ4n) is 5.34. The summed E-state index contributed by atoms with van der Waals surface area (Å²) in [6, 6.07) is 3.20. The second kappa shape index (κ2) is 15.6. The standard InChI is InChI=1S/C25H34N4O12/c30-21(31)11-26(12-22(32)33)18(9-16-5-7-17(8-6-16)29(40)41)10-27(13-23(34)35)19-3-1-2-4-20(19)28(14-24(36)37)15-25(38)39/h5-8,18-20H,1-4,9-15H2,(H,30,31)(H,32,33)(H,34,35)(H,36,37)(H,38,39)/t18-,19?,20-/m1/s1. The number of aliphatic carboxylic acids is 5. The average Bonchev–Trinajstić information content (AvgIpc) is 2.86. The fourth-order valence-corrected chi connectivity index (χ4v) is 5.34. The van der Waals surface area contributed by atoms with Crippen molar-refractivity contribution in [1.29, 1.82) is 0 Å². The largest absolute Gasteiger partial charge is 0.480 e. The maximum absolute atomic E-state index is 11.9. The van der Waals surface area contributed by atoms with Gasteiger partial charge >= 0.3 is 29.8 Å². The van der Waals surface area contributed by atoms with Crippen LogP contribution in [0.2, 0.25) is 0 Å². The Bertz CT molecular complexity index is 1080. The number of non-ortho nitro benzene ring substituents is 1. The lowest BCUT2D eigenvalue weighted by molar-refractivity contribution is -0.384. The molecule has 0 amide bonds. The van der Waals surface area contributed by atoms with Gasteiger partial charge in [-0.25, -0.2) is 0 Å². The Morgan fingerprint density at radius 2 is 1.15 bits per heavy atom. The van der Waals surface area contributed by atoms with E-state index in [1.165, 1.54) is 34.1 Å². The Labute approximate surface area is 234 Å². The van der Waals surface area contributed by atoms with Gasteiger partial charge in [-0.1, -0.05) is 25.0 Å². The van der Waals surface area contributed by atoms with Crippen LogP contribution in [0.5, 0.6) is 0 Å². The van der Waals surface area contributed by atoms with E-state index in [1.807, 2.05) is 0 Å². The Hall–Kier alpha value is -4.15. The maximum atomic E-state index is 11.9. The minimum absolute atomic E-state index is 0.0139. The van der Waals surface area contributed by atoms with Gasteiger partial charge in [0.25, 0.3) is 5.69 Å². The lowest BCUT2D eigenvalue weighted by Crippen LogP contribution is -2.59. The van der Waals surface area contributed by atoms with E-state index in [-0.39, 0.29) is 18.7 Å². The van der Waals surface area contributed by atoms with Gasteiger partial charge in [0.2, 0.25) is 0 Å². The maximum Gasteiger partial charge on any atom is 0.317 e. The van der Waals surface area contributed by atoms with Crippen molar-refractivity contribution in [3.05, 3.63) is 39.9 Å². The number of nitro benzene ring substituents is 1. The van der Waals surface area contributed by atoms with Gasteiger partial charge in [-0.15, -0.1) is 0 Å². The lowest BCUT2D eigenvalue weighted by atomic mass is 9.87. The van der Waals surface area contributed by atoms with Crippen LogP contribution in [0, 0.1) is 10.1 Å². The molecule has 16 heteroatoms. The fraction of sp³-hybridized carbons (Fsp3) is 0.560. The van der Waals surface area contributed by atoms with Gasteiger partial charge < -0.3 is 25.5 Å². The van der Waals surface area contributed by atoms with Crippen molar-refractivity contribution in [2.45, 2.75) is 50.2 Å². The van der Waals surface area contributed by atoms with Crippen LogP contribution >= 0.6 is 0 Å². The van der Waals surface area contributed by atoms with E-state index < -0.39 is 85.6 Å². The van der Waals surface area contributed by atoms with Crippen LogP contribution in [-0.2, 0) is 30.4 Å². The smallest absolute Gasteiger partial charge is 0.317 e. The van der Waals surface area contributed by atoms with E-state index in [0.717, 1.165) is 4.90 Å². The van der Waals surface area contributed by atoms with Crippen LogP contribution in [0.3, 0.4) is 0 Å². The Balaban J connectivity index is 2.51. The molecule has 1 aliphatic rings. The molecule has 1 aliphatic carbocycles. The van der Waals surface area contributed by atoms with E-state index in [0.29, 0.717) is 31.2 Å². The van der Waals surface area contributed by atoms with Gasteiger partial charge in [0.15, 0.2) is 0 Å². The van der Waals surface area contributed by atoms with E-state index in [1.54, 1.807) is 0 Å². The number of carboxylic acid groups (broad SMARTS) is 5. The van der Waals surface area contributed by atoms with Gasteiger partial charge in [0.05, 0.1) is 37.6 Å². The molecule has 1 saturated carbocycles. The van der Waals surface area contributed by atoms with Crippen molar-refractivity contribution in [3.8, 4) is 0 Å². The zero-order valence-corrected chi connectivity index (χ0v) is 22.2. The first-order valence-electron chi connectivity index (χ1n) is 12.8. The molecule has 0 heterocycles. The molecule has 0 aliphatic heterocycles. The third kappa shape index (κ3) is 11.1. The molecule has 41 heavy (non-hydrogen) atoms. The highest BCUT2D eigenvalue weighted by molar-refractivity contribution is 5.73. The summed E-state index contributed by atoms with van der Waals surface area (Å²) in [7, 11) is 0. The molecule has 0 spiro atoms. The van der Waals surface area contributed by atoms with E-state index in [2.05, 4.69) is 0 Å². The highest BCUT2D eigenvalue weighted by Crippen LogP contribution is 2.28. The highest BCUT2D eigenvalue weighted by atomic mass is 16.6. The molecule has 0 radical (unpaired) electrons. The number of benzene rings is 1. The van der Waals surface area contributed by atoms with Gasteiger partial charge in [-0.2, -0.15) is 0 Å². The number of hydrogen-bond donors (Lipinski definition) is 5. The topological polar surface area (TPSA) is 239 Å².